The molecule has 19 heavy (non-hydrogen) atoms. The van der Waals surface area contributed by atoms with Crippen LogP contribution < -0.4 is 0 Å². The SMILES string of the molecule is CCC1CN(CC2(C=O)CCCCCC2)CCN1C. The van der Waals surface area contributed by atoms with Crippen LogP contribution in [-0.4, -0.2) is 55.4 Å². The molecule has 0 aromatic heterocycles. The van der Waals surface area contributed by atoms with Crippen LogP contribution in [0.1, 0.15) is 51.9 Å². The topological polar surface area (TPSA) is 23.6 Å². The smallest absolute Gasteiger partial charge is 0.127 e. The molecule has 1 atom stereocenters. The summed E-state index contributed by atoms with van der Waals surface area (Å²) in [5.41, 5.74) is -0.0370. The molecule has 2 rings (SSSR count). The highest BCUT2D eigenvalue weighted by atomic mass is 16.1. The molecule has 1 aliphatic carbocycles. The van der Waals surface area contributed by atoms with Crippen LogP contribution in [-0.2, 0) is 4.79 Å². The monoisotopic (exact) mass is 266 g/mol. The molecular formula is C16H30N2O. The van der Waals surface area contributed by atoms with Crippen molar-refractivity contribution in [2.45, 2.75) is 57.9 Å². The Labute approximate surface area is 118 Å². The van der Waals surface area contributed by atoms with Crippen LogP contribution in [0, 0.1) is 5.41 Å². The average molecular weight is 266 g/mol. The predicted molar refractivity (Wildman–Crippen MR) is 79.3 cm³/mol. The summed E-state index contributed by atoms with van der Waals surface area (Å²) in [5.74, 6) is 0. The normalized spacial score (nSPS) is 29.9. The summed E-state index contributed by atoms with van der Waals surface area (Å²) in [4.78, 5) is 16.7. The first kappa shape index (κ1) is 15.0. The van der Waals surface area contributed by atoms with Gasteiger partial charge in [0.05, 0.1) is 0 Å². The Hall–Kier alpha value is -0.410. The lowest BCUT2D eigenvalue weighted by Crippen LogP contribution is -2.53. The lowest BCUT2D eigenvalue weighted by atomic mass is 9.81. The molecule has 1 unspecified atom stereocenters. The van der Waals surface area contributed by atoms with Gasteiger partial charge in [-0.25, -0.2) is 0 Å². The van der Waals surface area contributed by atoms with Crippen molar-refractivity contribution in [3.63, 3.8) is 0 Å². The zero-order valence-electron chi connectivity index (χ0n) is 12.7. The summed E-state index contributed by atoms with van der Waals surface area (Å²) in [6.07, 6.45) is 9.83. The van der Waals surface area contributed by atoms with Gasteiger partial charge in [0, 0.05) is 37.6 Å². The quantitative estimate of drug-likeness (QED) is 0.577. The largest absolute Gasteiger partial charge is 0.303 e. The minimum Gasteiger partial charge on any atom is -0.303 e. The third-order valence-corrected chi connectivity index (χ3v) is 5.22. The lowest BCUT2D eigenvalue weighted by molar-refractivity contribution is -0.118. The second kappa shape index (κ2) is 6.85. The first-order valence-electron chi connectivity index (χ1n) is 8.08. The van der Waals surface area contributed by atoms with Crippen LogP contribution in [0.25, 0.3) is 0 Å². The molecule has 1 aliphatic heterocycles. The van der Waals surface area contributed by atoms with E-state index in [1.54, 1.807) is 0 Å². The second-order valence-electron chi connectivity index (χ2n) is 6.67. The molecule has 3 heteroatoms. The highest BCUT2D eigenvalue weighted by Crippen LogP contribution is 2.34. The Bertz CT molecular complexity index is 284. The van der Waals surface area contributed by atoms with E-state index in [1.807, 2.05) is 0 Å². The van der Waals surface area contributed by atoms with Gasteiger partial charge in [-0.15, -0.1) is 0 Å². The van der Waals surface area contributed by atoms with E-state index in [0.29, 0.717) is 6.04 Å². The minimum atomic E-state index is -0.0370. The molecule has 0 amide bonds. The van der Waals surface area contributed by atoms with Crippen molar-refractivity contribution in [1.82, 2.24) is 9.80 Å². The highest BCUT2D eigenvalue weighted by molar-refractivity contribution is 5.59. The van der Waals surface area contributed by atoms with Crippen LogP contribution in [0.2, 0.25) is 0 Å². The number of hydrogen-bond acceptors (Lipinski definition) is 3. The molecule has 0 radical (unpaired) electrons. The van der Waals surface area contributed by atoms with E-state index < -0.39 is 0 Å². The number of hydrogen-bond donors (Lipinski definition) is 0. The zero-order valence-corrected chi connectivity index (χ0v) is 12.7. The summed E-state index contributed by atoms with van der Waals surface area (Å²) < 4.78 is 0. The Morgan fingerprint density at radius 1 is 1.16 bits per heavy atom. The van der Waals surface area contributed by atoms with Gasteiger partial charge in [0.1, 0.15) is 6.29 Å². The number of aldehydes is 1. The maximum atomic E-state index is 11.7. The number of nitrogens with zero attached hydrogens (tertiary/aromatic N) is 2. The second-order valence-corrected chi connectivity index (χ2v) is 6.67. The molecule has 2 fully saturated rings. The number of piperazine rings is 1. The van der Waals surface area contributed by atoms with Gasteiger partial charge in [0.25, 0.3) is 0 Å². The van der Waals surface area contributed by atoms with Crippen molar-refractivity contribution in [2.75, 3.05) is 33.2 Å². The van der Waals surface area contributed by atoms with Crippen molar-refractivity contribution in [3.8, 4) is 0 Å². The van der Waals surface area contributed by atoms with Gasteiger partial charge in [0.2, 0.25) is 0 Å². The van der Waals surface area contributed by atoms with Gasteiger partial charge < -0.3 is 9.69 Å². The molecular weight excluding hydrogens is 236 g/mol. The van der Waals surface area contributed by atoms with Crippen molar-refractivity contribution in [1.29, 1.82) is 0 Å². The van der Waals surface area contributed by atoms with Gasteiger partial charge in [-0.1, -0.05) is 32.6 Å². The van der Waals surface area contributed by atoms with Crippen molar-refractivity contribution in [3.05, 3.63) is 0 Å². The van der Waals surface area contributed by atoms with E-state index in [2.05, 4.69) is 23.8 Å². The van der Waals surface area contributed by atoms with Crippen molar-refractivity contribution >= 4 is 6.29 Å². The van der Waals surface area contributed by atoms with Gasteiger partial charge in [-0.3, -0.25) is 4.90 Å². The van der Waals surface area contributed by atoms with Gasteiger partial charge in [-0.05, 0) is 26.3 Å². The maximum Gasteiger partial charge on any atom is 0.127 e. The minimum absolute atomic E-state index is 0.0370. The summed E-state index contributed by atoms with van der Waals surface area (Å²) in [6, 6.07) is 0.670. The van der Waals surface area contributed by atoms with Crippen molar-refractivity contribution < 1.29 is 4.79 Å². The molecule has 1 saturated carbocycles. The molecule has 3 nitrogen and oxygen atoms in total. The van der Waals surface area contributed by atoms with Gasteiger partial charge >= 0.3 is 0 Å². The number of likely N-dealkylation sites (N-methyl/N-ethyl adjacent to an activating group) is 1. The van der Waals surface area contributed by atoms with Crippen LogP contribution in [0.15, 0.2) is 0 Å². The van der Waals surface area contributed by atoms with Crippen LogP contribution in [0.5, 0.6) is 0 Å². The predicted octanol–water partition coefficient (Wildman–Crippen LogP) is 2.55. The zero-order chi connectivity index (χ0) is 13.7. The number of rotatable bonds is 4. The molecule has 0 aromatic rings. The molecule has 0 aromatic carbocycles. The van der Waals surface area contributed by atoms with E-state index in [1.165, 1.54) is 38.4 Å². The van der Waals surface area contributed by atoms with E-state index >= 15 is 0 Å². The van der Waals surface area contributed by atoms with Gasteiger partial charge in [0.15, 0.2) is 0 Å². The third kappa shape index (κ3) is 3.79. The molecule has 0 N–H and O–H groups in total. The first-order valence-corrected chi connectivity index (χ1v) is 8.08. The van der Waals surface area contributed by atoms with E-state index in [-0.39, 0.29) is 5.41 Å². The maximum absolute atomic E-state index is 11.7. The summed E-state index contributed by atoms with van der Waals surface area (Å²) in [7, 11) is 2.23. The summed E-state index contributed by atoms with van der Waals surface area (Å²) in [5, 5.41) is 0. The fraction of sp³-hybridized carbons (Fsp3) is 0.938. The van der Waals surface area contributed by atoms with Crippen molar-refractivity contribution in [2.24, 2.45) is 5.41 Å². The molecule has 0 spiro atoms. The number of carbonyl (C=O) groups excluding carboxylic acids is 1. The Balaban J connectivity index is 1.95. The lowest BCUT2D eigenvalue weighted by Gasteiger charge is -2.42. The Kier molecular flexibility index (Phi) is 5.40. The molecule has 1 heterocycles. The first-order chi connectivity index (χ1) is 9.19. The van der Waals surface area contributed by atoms with E-state index in [4.69, 9.17) is 0 Å². The molecule has 110 valence electrons. The number of carbonyl (C=O) groups is 1. The molecule has 0 bridgehead atoms. The standard InChI is InChI=1S/C16H30N2O/c1-3-15-12-18(11-10-17(15)2)13-16(14-19)8-6-4-5-7-9-16/h14-15H,3-13H2,1-2H3. The fourth-order valence-electron chi connectivity index (χ4n) is 3.79. The van der Waals surface area contributed by atoms with Crippen LogP contribution in [0.4, 0.5) is 0 Å². The van der Waals surface area contributed by atoms with Gasteiger partial charge in [-0.2, -0.15) is 0 Å². The van der Waals surface area contributed by atoms with E-state index in [0.717, 1.165) is 39.0 Å². The van der Waals surface area contributed by atoms with Crippen LogP contribution >= 0.6 is 0 Å². The summed E-state index contributed by atoms with van der Waals surface area (Å²) in [6.45, 7) is 6.69. The summed E-state index contributed by atoms with van der Waals surface area (Å²) >= 11 is 0. The van der Waals surface area contributed by atoms with Crippen LogP contribution in [0.3, 0.4) is 0 Å². The average Bonchev–Trinajstić information content (AvgIpc) is 2.67. The Morgan fingerprint density at radius 3 is 2.42 bits per heavy atom. The molecule has 1 saturated heterocycles. The highest BCUT2D eigenvalue weighted by Gasteiger charge is 2.34. The third-order valence-electron chi connectivity index (χ3n) is 5.22. The molecule has 2 aliphatic rings. The fourth-order valence-corrected chi connectivity index (χ4v) is 3.79. The van der Waals surface area contributed by atoms with E-state index in [9.17, 15) is 4.79 Å². The Morgan fingerprint density at radius 2 is 1.84 bits per heavy atom.